The zero-order valence-electron chi connectivity index (χ0n) is 16.5. The van der Waals surface area contributed by atoms with Gasteiger partial charge in [-0.3, -0.25) is 14.4 Å². The quantitative estimate of drug-likeness (QED) is 0.795. The lowest BCUT2D eigenvalue weighted by atomic mass is 9.82. The van der Waals surface area contributed by atoms with E-state index in [0.717, 1.165) is 76.3 Å². The molecule has 2 aromatic heterocycles. The highest BCUT2D eigenvalue weighted by Gasteiger charge is 2.42. The van der Waals surface area contributed by atoms with Gasteiger partial charge in [0.1, 0.15) is 0 Å². The van der Waals surface area contributed by atoms with E-state index in [4.69, 9.17) is 4.74 Å². The van der Waals surface area contributed by atoms with Crippen LogP contribution in [0.5, 0.6) is 0 Å². The Kier molecular flexibility index (Phi) is 4.77. The normalized spacial score (nSPS) is 22.0. The van der Waals surface area contributed by atoms with E-state index in [1.54, 1.807) is 11.3 Å². The summed E-state index contributed by atoms with van der Waals surface area (Å²) in [6.07, 6.45) is 7.06. The van der Waals surface area contributed by atoms with Gasteiger partial charge in [0, 0.05) is 57.3 Å². The van der Waals surface area contributed by atoms with Crippen LogP contribution in [0.2, 0.25) is 0 Å². The van der Waals surface area contributed by atoms with Crippen molar-refractivity contribution in [2.45, 2.75) is 44.2 Å². The van der Waals surface area contributed by atoms with Gasteiger partial charge in [0.2, 0.25) is 0 Å². The Labute approximate surface area is 170 Å². The molecule has 0 N–H and O–H groups in total. The van der Waals surface area contributed by atoms with Crippen LogP contribution < -0.4 is 0 Å². The third-order valence-electron chi connectivity index (χ3n) is 6.58. The van der Waals surface area contributed by atoms with Crippen LogP contribution in [0.25, 0.3) is 0 Å². The number of hydrogen-bond acceptors (Lipinski definition) is 5. The molecule has 2 saturated heterocycles. The van der Waals surface area contributed by atoms with Crippen molar-refractivity contribution in [1.82, 2.24) is 19.6 Å². The molecule has 5 heterocycles. The number of hydrogen-bond donors (Lipinski definition) is 0. The zero-order valence-corrected chi connectivity index (χ0v) is 17.3. The van der Waals surface area contributed by atoms with E-state index < -0.39 is 0 Å². The Hall–Kier alpha value is -1.70. The van der Waals surface area contributed by atoms with Gasteiger partial charge in [-0.15, -0.1) is 11.3 Å². The van der Waals surface area contributed by atoms with E-state index in [2.05, 4.69) is 22.1 Å². The van der Waals surface area contributed by atoms with Gasteiger partial charge in [0.05, 0.1) is 22.8 Å². The van der Waals surface area contributed by atoms with Gasteiger partial charge in [-0.2, -0.15) is 5.10 Å². The smallest absolute Gasteiger partial charge is 0.263 e. The molecule has 3 aliphatic heterocycles. The molecule has 0 saturated carbocycles. The summed E-state index contributed by atoms with van der Waals surface area (Å²) in [6, 6.07) is 4.26. The van der Waals surface area contributed by atoms with E-state index in [9.17, 15) is 4.79 Å². The predicted octanol–water partition coefficient (Wildman–Crippen LogP) is 2.78. The van der Waals surface area contributed by atoms with Crippen LogP contribution in [0, 0.1) is 0 Å². The summed E-state index contributed by atoms with van der Waals surface area (Å²) in [7, 11) is 2.00. The number of aryl methyl sites for hydroxylation is 1. The molecular formula is C21H28N4O2S. The molecule has 1 amide bonds. The number of piperidine rings is 1. The van der Waals surface area contributed by atoms with Gasteiger partial charge in [-0.25, -0.2) is 0 Å². The van der Waals surface area contributed by atoms with Crippen LogP contribution in [-0.4, -0.2) is 58.3 Å². The van der Waals surface area contributed by atoms with Crippen molar-refractivity contribution in [2.24, 2.45) is 7.05 Å². The highest BCUT2D eigenvalue weighted by atomic mass is 32.1. The van der Waals surface area contributed by atoms with Gasteiger partial charge in [-0.1, -0.05) is 0 Å². The minimum Gasteiger partial charge on any atom is -0.370 e. The summed E-state index contributed by atoms with van der Waals surface area (Å²) in [5.74, 6) is 0.223. The predicted molar refractivity (Wildman–Crippen MR) is 109 cm³/mol. The maximum absolute atomic E-state index is 12.9. The first-order valence-corrected chi connectivity index (χ1v) is 11.2. The Morgan fingerprint density at radius 1 is 1.25 bits per heavy atom. The van der Waals surface area contributed by atoms with Crippen molar-refractivity contribution >= 4 is 17.2 Å². The summed E-state index contributed by atoms with van der Waals surface area (Å²) < 4.78 is 8.35. The van der Waals surface area contributed by atoms with Gasteiger partial charge >= 0.3 is 0 Å². The van der Waals surface area contributed by atoms with Crippen LogP contribution in [0.1, 0.15) is 51.5 Å². The number of aromatic nitrogens is 2. The molecule has 7 heteroatoms. The highest BCUT2D eigenvalue weighted by Crippen LogP contribution is 2.45. The van der Waals surface area contributed by atoms with Crippen molar-refractivity contribution in [2.75, 3.05) is 32.8 Å². The second-order valence-corrected chi connectivity index (χ2v) is 9.40. The van der Waals surface area contributed by atoms with Gasteiger partial charge in [-0.05, 0) is 43.4 Å². The van der Waals surface area contributed by atoms with Crippen molar-refractivity contribution in [3.8, 4) is 0 Å². The number of likely N-dealkylation sites (tertiary alicyclic amines) is 2. The molecule has 0 unspecified atom stereocenters. The highest BCUT2D eigenvalue weighted by molar-refractivity contribution is 7.14. The fourth-order valence-electron chi connectivity index (χ4n) is 4.87. The first-order chi connectivity index (χ1) is 13.6. The maximum atomic E-state index is 12.9. The number of thiophene rings is 1. The average molecular weight is 401 g/mol. The monoisotopic (exact) mass is 400 g/mol. The van der Waals surface area contributed by atoms with Crippen LogP contribution in [0.4, 0.5) is 0 Å². The van der Waals surface area contributed by atoms with E-state index in [1.165, 1.54) is 16.1 Å². The number of ether oxygens (including phenoxy) is 1. The Morgan fingerprint density at radius 2 is 2.04 bits per heavy atom. The number of nitrogens with zero attached hydrogens (tertiary/aromatic N) is 4. The summed E-state index contributed by atoms with van der Waals surface area (Å²) in [6.45, 7) is 5.54. The third kappa shape index (κ3) is 3.19. The van der Waals surface area contributed by atoms with E-state index in [0.29, 0.717) is 0 Å². The van der Waals surface area contributed by atoms with Crippen LogP contribution in [-0.2, 0) is 30.4 Å². The van der Waals surface area contributed by atoms with Crippen molar-refractivity contribution in [3.63, 3.8) is 0 Å². The fraction of sp³-hybridized carbons (Fsp3) is 0.619. The van der Waals surface area contributed by atoms with E-state index >= 15 is 0 Å². The topological polar surface area (TPSA) is 50.6 Å². The summed E-state index contributed by atoms with van der Waals surface area (Å²) in [4.78, 5) is 19.7. The lowest BCUT2D eigenvalue weighted by molar-refractivity contribution is -0.0982. The molecule has 1 spiro atoms. The Morgan fingerprint density at radius 3 is 2.75 bits per heavy atom. The SMILES string of the molecule is Cn1nccc1CN1CCC2(CC1)OCCc1sc(C(=O)N3CCCC3)cc12. The first-order valence-electron chi connectivity index (χ1n) is 10.4. The zero-order chi connectivity index (χ0) is 19.1. The average Bonchev–Trinajstić information content (AvgIpc) is 3.45. The molecule has 6 nitrogen and oxygen atoms in total. The second kappa shape index (κ2) is 7.28. The molecule has 3 aliphatic rings. The maximum Gasteiger partial charge on any atom is 0.263 e. The lowest BCUT2D eigenvalue weighted by Crippen LogP contribution is -2.46. The molecule has 0 radical (unpaired) electrons. The number of amides is 1. The van der Waals surface area contributed by atoms with E-state index in [1.807, 2.05) is 22.8 Å². The summed E-state index contributed by atoms with van der Waals surface area (Å²) in [5.41, 5.74) is 2.35. The van der Waals surface area contributed by atoms with Crippen molar-refractivity contribution in [1.29, 1.82) is 0 Å². The first kappa shape index (κ1) is 18.3. The Balaban J connectivity index is 1.32. The molecule has 0 bridgehead atoms. The molecular weight excluding hydrogens is 372 g/mol. The fourth-order valence-corrected chi connectivity index (χ4v) is 6.07. The Bertz CT molecular complexity index is 860. The summed E-state index contributed by atoms with van der Waals surface area (Å²) >= 11 is 1.71. The largest absolute Gasteiger partial charge is 0.370 e. The van der Waals surface area contributed by atoms with Crippen molar-refractivity contribution in [3.05, 3.63) is 39.3 Å². The lowest BCUT2D eigenvalue weighted by Gasteiger charge is -2.44. The minimum atomic E-state index is -0.198. The number of fused-ring (bicyclic) bond motifs is 2. The number of rotatable bonds is 3. The molecule has 5 rings (SSSR count). The molecule has 2 fully saturated rings. The van der Waals surface area contributed by atoms with Crippen LogP contribution in [0.15, 0.2) is 18.3 Å². The number of carbonyl (C=O) groups is 1. The van der Waals surface area contributed by atoms with Gasteiger partial charge in [0.25, 0.3) is 5.91 Å². The van der Waals surface area contributed by atoms with Crippen molar-refractivity contribution < 1.29 is 9.53 Å². The van der Waals surface area contributed by atoms with Crippen LogP contribution >= 0.6 is 11.3 Å². The molecule has 0 aromatic carbocycles. The summed E-state index contributed by atoms with van der Waals surface area (Å²) in [5, 5.41) is 4.28. The molecule has 28 heavy (non-hydrogen) atoms. The molecule has 0 aliphatic carbocycles. The number of carbonyl (C=O) groups excluding carboxylic acids is 1. The second-order valence-electron chi connectivity index (χ2n) is 8.26. The minimum absolute atomic E-state index is 0.198. The standard InChI is InChI=1S/C21H28N4O2S/c1-23-16(4-8-22-23)15-24-11-6-21(7-12-24)17-14-19(28-18(17)5-13-27-21)20(26)25-9-2-3-10-25/h4,8,14H,2-3,5-7,9-13,15H2,1H3. The molecule has 2 aromatic rings. The van der Waals surface area contributed by atoms with Crippen LogP contribution in [0.3, 0.4) is 0 Å². The van der Waals surface area contributed by atoms with Gasteiger partial charge in [0.15, 0.2) is 0 Å². The third-order valence-corrected chi connectivity index (χ3v) is 7.77. The molecule has 150 valence electrons. The molecule has 0 atom stereocenters. The van der Waals surface area contributed by atoms with E-state index in [-0.39, 0.29) is 11.5 Å². The van der Waals surface area contributed by atoms with Gasteiger partial charge < -0.3 is 9.64 Å².